The third-order valence-corrected chi connectivity index (χ3v) is 9.00. The van der Waals surface area contributed by atoms with Gasteiger partial charge in [-0.15, -0.1) is 0 Å². The topological polar surface area (TPSA) is 120 Å². The van der Waals surface area contributed by atoms with E-state index >= 15 is 0 Å². The number of hydrogen-bond donors (Lipinski definition) is 2. The van der Waals surface area contributed by atoms with Crippen molar-refractivity contribution >= 4 is 19.8 Å². The predicted octanol–water partition coefficient (Wildman–Crippen LogP) is 11.5. The number of phosphoric acid groups is 1. The summed E-state index contributed by atoms with van der Waals surface area (Å²) in [5.41, 5.74) is 0. The molecule has 0 fully saturated rings. The Hall–Kier alpha value is -2.81. The van der Waals surface area contributed by atoms with E-state index in [9.17, 15) is 19.0 Å². The standard InChI is InChI=1S/C44H74NO8P/c1-4-6-8-10-12-14-16-18-19-20-21-22-23-25-26-28-30-32-34-36-43(46)50-40-42(41-52-54(48,49)51-39-38-45-3)53-44(47)37-35-33-31-29-27-24-17-15-13-11-9-7-5-2/h6,8,12,14-15,17-19,21-22,25-26,30,32,42,45H,4-5,7,9-11,13,16,20,23-24,27-29,31,33-41H2,1-3H3,(H,48,49)/b8-6-,14-12-,17-15-,19-18-,22-21-,26-25-,32-30-. The number of nitrogens with one attached hydrogen (secondary N) is 1. The van der Waals surface area contributed by atoms with E-state index in [1.165, 1.54) is 25.7 Å². The molecule has 2 atom stereocenters. The van der Waals surface area contributed by atoms with E-state index in [0.29, 0.717) is 19.4 Å². The van der Waals surface area contributed by atoms with Crippen molar-refractivity contribution in [3.8, 4) is 0 Å². The molecule has 0 aliphatic rings. The predicted molar refractivity (Wildman–Crippen MR) is 224 cm³/mol. The number of likely N-dealkylation sites (N-methyl/N-ethyl adjacent to an activating group) is 1. The molecule has 0 amide bonds. The van der Waals surface area contributed by atoms with Gasteiger partial charge in [-0.25, -0.2) is 4.57 Å². The molecular weight excluding hydrogens is 701 g/mol. The molecule has 9 nitrogen and oxygen atoms in total. The largest absolute Gasteiger partial charge is 0.472 e. The number of hydrogen-bond acceptors (Lipinski definition) is 8. The zero-order valence-corrected chi connectivity index (χ0v) is 34.8. The van der Waals surface area contributed by atoms with E-state index in [0.717, 1.165) is 77.0 Å². The third kappa shape index (κ3) is 38.9. The first-order valence-electron chi connectivity index (χ1n) is 20.5. The molecule has 2 N–H and O–H groups in total. The minimum atomic E-state index is -4.37. The highest BCUT2D eigenvalue weighted by atomic mass is 31.2. The fourth-order valence-corrected chi connectivity index (χ4v) is 5.68. The second kappa shape index (κ2) is 39.9. The lowest BCUT2D eigenvalue weighted by Gasteiger charge is -2.20. The van der Waals surface area contributed by atoms with Crippen LogP contribution < -0.4 is 5.32 Å². The molecule has 10 heteroatoms. The summed E-state index contributed by atoms with van der Waals surface area (Å²) in [5, 5.41) is 2.81. The fraction of sp³-hybridized carbons (Fsp3) is 0.636. The Balaban J connectivity index is 4.41. The summed E-state index contributed by atoms with van der Waals surface area (Å²) in [6.07, 6.45) is 47.8. The Morgan fingerprint density at radius 2 is 1.09 bits per heavy atom. The molecule has 0 aromatic rings. The van der Waals surface area contributed by atoms with Gasteiger partial charge in [-0.1, -0.05) is 137 Å². The van der Waals surface area contributed by atoms with Crippen molar-refractivity contribution in [2.75, 3.05) is 33.4 Å². The van der Waals surface area contributed by atoms with Crippen molar-refractivity contribution in [2.45, 2.75) is 148 Å². The molecule has 0 aromatic heterocycles. The van der Waals surface area contributed by atoms with Crippen molar-refractivity contribution in [3.05, 3.63) is 85.1 Å². The molecule has 0 aliphatic carbocycles. The minimum absolute atomic E-state index is 0.0341. The van der Waals surface area contributed by atoms with Crippen molar-refractivity contribution in [1.82, 2.24) is 5.32 Å². The van der Waals surface area contributed by atoms with Gasteiger partial charge in [0.1, 0.15) is 6.61 Å². The van der Waals surface area contributed by atoms with Gasteiger partial charge in [-0.3, -0.25) is 18.6 Å². The Kier molecular flexibility index (Phi) is 37.8. The Labute approximate surface area is 328 Å². The maximum absolute atomic E-state index is 12.6. The van der Waals surface area contributed by atoms with Crippen LogP contribution in [0.3, 0.4) is 0 Å². The average molecular weight is 776 g/mol. The molecule has 0 saturated carbocycles. The highest BCUT2D eigenvalue weighted by molar-refractivity contribution is 7.47. The van der Waals surface area contributed by atoms with Crippen LogP contribution in [-0.4, -0.2) is 56.3 Å². The lowest BCUT2D eigenvalue weighted by molar-refractivity contribution is -0.161. The molecule has 2 unspecified atom stereocenters. The maximum atomic E-state index is 12.6. The molecule has 0 spiro atoms. The number of rotatable bonds is 37. The summed E-state index contributed by atoms with van der Waals surface area (Å²) < 4.78 is 33.0. The zero-order chi connectivity index (χ0) is 39.6. The van der Waals surface area contributed by atoms with Gasteiger partial charge in [0.2, 0.25) is 0 Å². The van der Waals surface area contributed by atoms with Crippen molar-refractivity contribution in [2.24, 2.45) is 0 Å². The van der Waals surface area contributed by atoms with Gasteiger partial charge in [-0.05, 0) is 84.1 Å². The van der Waals surface area contributed by atoms with Gasteiger partial charge in [0.15, 0.2) is 6.10 Å². The van der Waals surface area contributed by atoms with Crippen LogP contribution in [0.15, 0.2) is 85.1 Å². The Morgan fingerprint density at radius 3 is 1.65 bits per heavy atom. The molecule has 0 heterocycles. The monoisotopic (exact) mass is 776 g/mol. The molecule has 0 aromatic carbocycles. The first kappa shape index (κ1) is 51.2. The molecule has 0 radical (unpaired) electrons. The van der Waals surface area contributed by atoms with Gasteiger partial charge >= 0.3 is 19.8 Å². The maximum Gasteiger partial charge on any atom is 0.472 e. The van der Waals surface area contributed by atoms with Crippen LogP contribution in [0.2, 0.25) is 0 Å². The highest BCUT2D eigenvalue weighted by Gasteiger charge is 2.26. The van der Waals surface area contributed by atoms with Crippen LogP contribution in [0.1, 0.15) is 142 Å². The SMILES string of the molecule is CC/C=C\C/C=C\C/C=C\C/C=C\C/C=C\C/C=C\CCC(=O)OCC(COP(=O)(O)OCCNC)OC(=O)CCCCCCC/C=C\CCCCCC. The number of carbonyl (C=O) groups is 2. The van der Waals surface area contributed by atoms with Crippen LogP contribution in [0, 0.1) is 0 Å². The summed E-state index contributed by atoms with van der Waals surface area (Å²) in [6, 6.07) is 0. The smallest absolute Gasteiger partial charge is 0.462 e. The summed E-state index contributed by atoms with van der Waals surface area (Å²) in [6.45, 7) is 3.97. The van der Waals surface area contributed by atoms with Gasteiger partial charge in [0.05, 0.1) is 13.2 Å². The van der Waals surface area contributed by atoms with Crippen molar-refractivity contribution in [3.63, 3.8) is 0 Å². The van der Waals surface area contributed by atoms with E-state index in [4.69, 9.17) is 18.5 Å². The molecule has 0 saturated heterocycles. The number of ether oxygens (including phenoxy) is 2. The van der Waals surface area contributed by atoms with Crippen LogP contribution >= 0.6 is 7.82 Å². The van der Waals surface area contributed by atoms with Gasteiger partial charge in [0, 0.05) is 19.4 Å². The highest BCUT2D eigenvalue weighted by Crippen LogP contribution is 2.43. The minimum Gasteiger partial charge on any atom is -0.462 e. The van der Waals surface area contributed by atoms with Gasteiger partial charge in [-0.2, -0.15) is 0 Å². The zero-order valence-electron chi connectivity index (χ0n) is 33.9. The fourth-order valence-electron chi connectivity index (χ4n) is 4.92. The number of carbonyl (C=O) groups excluding carboxylic acids is 2. The van der Waals surface area contributed by atoms with Crippen LogP contribution in [0.5, 0.6) is 0 Å². The summed E-state index contributed by atoms with van der Waals surface area (Å²) in [4.78, 5) is 34.9. The van der Waals surface area contributed by atoms with Crippen molar-refractivity contribution < 1.29 is 37.6 Å². The third-order valence-electron chi connectivity index (χ3n) is 8.01. The first-order chi connectivity index (χ1) is 26.3. The number of phosphoric ester groups is 1. The first-order valence-corrected chi connectivity index (χ1v) is 22.0. The summed E-state index contributed by atoms with van der Waals surface area (Å²) >= 11 is 0. The second-order valence-electron chi connectivity index (χ2n) is 13.1. The summed E-state index contributed by atoms with van der Waals surface area (Å²) in [7, 11) is -2.68. The van der Waals surface area contributed by atoms with E-state index in [1.807, 2.05) is 12.2 Å². The van der Waals surface area contributed by atoms with E-state index in [2.05, 4.69) is 92.1 Å². The summed E-state index contributed by atoms with van der Waals surface area (Å²) in [5.74, 6) is -0.924. The quantitative estimate of drug-likeness (QED) is 0.0275. The molecule has 54 heavy (non-hydrogen) atoms. The normalized spacial score (nSPS) is 14.2. The van der Waals surface area contributed by atoms with E-state index < -0.39 is 32.5 Å². The second-order valence-corrected chi connectivity index (χ2v) is 14.5. The van der Waals surface area contributed by atoms with Crippen LogP contribution in [0.25, 0.3) is 0 Å². The van der Waals surface area contributed by atoms with Crippen LogP contribution in [0.4, 0.5) is 0 Å². The Bertz CT molecular complexity index is 1160. The average Bonchev–Trinajstić information content (AvgIpc) is 3.15. The lowest BCUT2D eigenvalue weighted by Crippen LogP contribution is -2.29. The number of unbranched alkanes of at least 4 members (excludes halogenated alkanes) is 9. The molecular formula is C44H74NO8P. The van der Waals surface area contributed by atoms with E-state index in [-0.39, 0.29) is 26.1 Å². The molecule has 308 valence electrons. The Morgan fingerprint density at radius 1 is 0.593 bits per heavy atom. The van der Waals surface area contributed by atoms with Gasteiger partial charge in [0.25, 0.3) is 0 Å². The van der Waals surface area contributed by atoms with E-state index in [1.54, 1.807) is 7.05 Å². The number of esters is 2. The van der Waals surface area contributed by atoms with Crippen molar-refractivity contribution in [1.29, 1.82) is 0 Å². The number of allylic oxidation sites excluding steroid dienone is 14. The molecule has 0 aliphatic heterocycles. The molecule has 0 bridgehead atoms. The van der Waals surface area contributed by atoms with Crippen LogP contribution in [-0.2, 0) is 32.7 Å². The van der Waals surface area contributed by atoms with Gasteiger partial charge < -0.3 is 19.7 Å². The molecule has 0 rings (SSSR count). The lowest BCUT2D eigenvalue weighted by atomic mass is 10.1.